The Hall–Kier alpha value is -1.77. The zero-order chi connectivity index (χ0) is 12.8. The molecule has 0 unspecified atom stereocenters. The number of rotatable bonds is 6. The monoisotopic (exact) mass is 243 g/mol. The Morgan fingerprint density at radius 2 is 1.78 bits per heavy atom. The van der Waals surface area contributed by atoms with E-state index in [1.165, 1.54) is 30.4 Å². The van der Waals surface area contributed by atoms with Gasteiger partial charge in [-0.05, 0) is 30.4 Å². The molecule has 2 rings (SSSR count). The highest BCUT2D eigenvalue weighted by molar-refractivity contribution is 5.30. The van der Waals surface area contributed by atoms with E-state index < -0.39 is 0 Å². The molecule has 1 aromatic heterocycles. The Morgan fingerprint density at radius 3 is 2.33 bits per heavy atom. The maximum atomic E-state index is 5.63. The predicted molar refractivity (Wildman–Crippen MR) is 75.4 cm³/mol. The van der Waals surface area contributed by atoms with Crippen molar-refractivity contribution >= 4 is 5.69 Å². The molecule has 2 N–H and O–H groups in total. The van der Waals surface area contributed by atoms with Crippen LogP contribution in [0.4, 0.5) is 5.69 Å². The predicted octanol–water partition coefficient (Wildman–Crippen LogP) is 3.05. The quantitative estimate of drug-likeness (QED) is 0.847. The fraction of sp³-hybridized carbons (Fsp3) is 0.400. The fourth-order valence-corrected chi connectivity index (χ4v) is 2.00. The molecule has 3 nitrogen and oxygen atoms in total. The third-order valence-corrected chi connectivity index (χ3v) is 3.12. The molecule has 0 atom stereocenters. The highest BCUT2D eigenvalue weighted by Crippen LogP contribution is 2.09. The van der Waals surface area contributed by atoms with Crippen molar-refractivity contribution in [1.29, 1.82) is 0 Å². The van der Waals surface area contributed by atoms with Gasteiger partial charge in [0, 0.05) is 12.7 Å². The van der Waals surface area contributed by atoms with E-state index in [4.69, 9.17) is 5.73 Å². The van der Waals surface area contributed by atoms with Crippen LogP contribution in [-0.4, -0.2) is 9.78 Å². The van der Waals surface area contributed by atoms with Gasteiger partial charge in [0.25, 0.3) is 0 Å². The molecule has 0 aliphatic carbocycles. The summed E-state index contributed by atoms with van der Waals surface area (Å²) < 4.78 is 1.89. The lowest BCUT2D eigenvalue weighted by molar-refractivity contribution is 0.615. The second kappa shape index (κ2) is 6.24. The number of aromatic nitrogens is 2. The SMILES string of the molecule is CCCCc1ccc(CCn2cc(N)cn2)cc1. The van der Waals surface area contributed by atoms with E-state index in [1.807, 2.05) is 10.9 Å². The van der Waals surface area contributed by atoms with Crippen LogP contribution in [0, 0.1) is 0 Å². The van der Waals surface area contributed by atoms with Gasteiger partial charge < -0.3 is 5.73 Å². The number of nitrogens with two attached hydrogens (primary N) is 1. The van der Waals surface area contributed by atoms with E-state index in [1.54, 1.807) is 6.20 Å². The van der Waals surface area contributed by atoms with E-state index in [2.05, 4.69) is 36.3 Å². The van der Waals surface area contributed by atoms with E-state index in [0.29, 0.717) is 0 Å². The lowest BCUT2D eigenvalue weighted by Gasteiger charge is -2.04. The molecule has 2 aromatic rings. The van der Waals surface area contributed by atoms with Crippen molar-refractivity contribution in [2.75, 3.05) is 5.73 Å². The van der Waals surface area contributed by atoms with Crippen LogP contribution in [0.25, 0.3) is 0 Å². The van der Waals surface area contributed by atoms with Gasteiger partial charge in [-0.25, -0.2) is 0 Å². The van der Waals surface area contributed by atoms with Crippen LogP contribution in [0.5, 0.6) is 0 Å². The molecular formula is C15H21N3. The summed E-state index contributed by atoms with van der Waals surface area (Å²) in [5, 5.41) is 4.18. The van der Waals surface area contributed by atoms with Crippen LogP contribution in [0.1, 0.15) is 30.9 Å². The average Bonchev–Trinajstić information content (AvgIpc) is 2.81. The normalized spacial score (nSPS) is 10.7. The highest BCUT2D eigenvalue weighted by Gasteiger charge is 1.98. The maximum Gasteiger partial charge on any atom is 0.0719 e. The van der Waals surface area contributed by atoms with Crippen molar-refractivity contribution < 1.29 is 0 Å². The number of hydrogen-bond donors (Lipinski definition) is 1. The molecular weight excluding hydrogens is 222 g/mol. The summed E-state index contributed by atoms with van der Waals surface area (Å²) in [7, 11) is 0. The molecule has 0 aliphatic rings. The molecule has 1 aromatic carbocycles. The first-order valence-electron chi connectivity index (χ1n) is 6.63. The van der Waals surface area contributed by atoms with Crippen molar-refractivity contribution in [1.82, 2.24) is 9.78 Å². The molecule has 0 aliphatic heterocycles. The van der Waals surface area contributed by atoms with Gasteiger partial charge in [-0.3, -0.25) is 4.68 Å². The van der Waals surface area contributed by atoms with Crippen LogP contribution in [0.15, 0.2) is 36.7 Å². The largest absolute Gasteiger partial charge is 0.396 e. The van der Waals surface area contributed by atoms with Gasteiger partial charge in [0.15, 0.2) is 0 Å². The van der Waals surface area contributed by atoms with Crippen molar-refractivity contribution in [2.24, 2.45) is 0 Å². The molecule has 18 heavy (non-hydrogen) atoms. The number of benzene rings is 1. The lowest BCUT2D eigenvalue weighted by atomic mass is 10.1. The Kier molecular flexibility index (Phi) is 4.40. The van der Waals surface area contributed by atoms with Crippen LogP contribution in [0.2, 0.25) is 0 Å². The first-order valence-corrected chi connectivity index (χ1v) is 6.63. The molecule has 0 fully saturated rings. The Balaban J connectivity index is 1.86. The Bertz CT molecular complexity index is 471. The number of nitrogen functional groups attached to an aromatic ring is 1. The third-order valence-electron chi connectivity index (χ3n) is 3.12. The second-order valence-corrected chi connectivity index (χ2v) is 4.71. The third kappa shape index (κ3) is 3.62. The molecule has 0 amide bonds. The molecule has 96 valence electrons. The highest BCUT2D eigenvalue weighted by atomic mass is 15.3. The van der Waals surface area contributed by atoms with Crippen LogP contribution in [-0.2, 0) is 19.4 Å². The molecule has 0 bridgehead atoms. The van der Waals surface area contributed by atoms with E-state index >= 15 is 0 Å². The summed E-state index contributed by atoms with van der Waals surface area (Å²) in [4.78, 5) is 0. The molecule has 1 heterocycles. The van der Waals surface area contributed by atoms with Crippen molar-refractivity contribution in [3.05, 3.63) is 47.8 Å². The molecule has 0 saturated carbocycles. The van der Waals surface area contributed by atoms with E-state index in [-0.39, 0.29) is 0 Å². The summed E-state index contributed by atoms with van der Waals surface area (Å²) in [6.07, 6.45) is 8.26. The lowest BCUT2D eigenvalue weighted by Crippen LogP contribution is -2.01. The van der Waals surface area contributed by atoms with Gasteiger partial charge in [-0.1, -0.05) is 37.6 Å². The number of unbranched alkanes of at least 4 members (excludes halogenated alkanes) is 1. The zero-order valence-electron chi connectivity index (χ0n) is 11.0. The Labute approximate surface area is 109 Å². The summed E-state index contributed by atoms with van der Waals surface area (Å²) >= 11 is 0. The second-order valence-electron chi connectivity index (χ2n) is 4.71. The number of aryl methyl sites for hydroxylation is 3. The molecule has 0 saturated heterocycles. The summed E-state index contributed by atoms with van der Waals surface area (Å²) in [5.74, 6) is 0. The smallest absolute Gasteiger partial charge is 0.0719 e. The van der Waals surface area contributed by atoms with Crippen LogP contribution < -0.4 is 5.73 Å². The van der Waals surface area contributed by atoms with Crippen molar-refractivity contribution in [2.45, 2.75) is 39.2 Å². The standard InChI is InChI=1S/C15H21N3/c1-2-3-4-13-5-7-14(8-6-13)9-10-18-12-15(16)11-17-18/h5-8,11-12H,2-4,9-10,16H2,1H3. The van der Waals surface area contributed by atoms with Crippen molar-refractivity contribution in [3.8, 4) is 0 Å². The summed E-state index contributed by atoms with van der Waals surface area (Å²) in [6, 6.07) is 8.92. The number of anilines is 1. The minimum Gasteiger partial charge on any atom is -0.396 e. The van der Waals surface area contributed by atoms with E-state index in [0.717, 1.165) is 18.7 Å². The Morgan fingerprint density at radius 1 is 1.11 bits per heavy atom. The topological polar surface area (TPSA) is 43.8 Å². The van der Waals surface area contributed by atoms with Gasteiger partial charge in [0.2, 0.25) is 0 Å². The van der Waals surface area contributed by atoms with E-state index in [9.17, 15) is 0 Å². The molecule has 0 spiro atoms. The van der Waals surface area contributed by atoms with Gasteiger partial charge in [-0.15, -0.1) is 0 Å². The number of hydrogen-bond acceptors (Lipinski definition) is 2. The summed E-state index contributed by atoms with van der Waals surface area (Å²) in [6.45, 7) is 3.11. The number of nitrogens with zero attached hydrogens (tertiary/aromatic N) is 2. The minimum atomic E-state index is 0.727. The first-order chi connectivity index (χ1) is 8.78. The van der Waals surface area contributed by atoms with Gasteiger partial charge >= 0.3 is 0 Å². The molecule has 0 radical (unpaired) electrons. The maximum absolute atomic E-state index is 5.63. The first kappa shape index (κ1) is 12.7. The van der Waals surface area contributed by atoms with Crippen LogP contribution in [0.3, 0.4) is 0 Å². The van der Waals surface area contributed by atoms with Crippen molar-refractivity contribution in [3.63, 3.8) is 0 Å². The zero-order valence-corrected chi connectivity index (χ0v) is 11.0. The fourth-order valence-electron chi connectivity index (χ4n) is 2.00. The average molecular weight is 243 g/mol. The van der Waals surface area contributed by atoms with Gasteiger partial charge in [-0.2, -0.15) is 5.10 Å². The summed E-state index contributed by atoms with van der Waals surface area (Å²) in [5.41, 5.74) is 9.14. The van der Waals surface area contributed by atoms with Crippen LogP contribution >= 0.6 is 0 Å². The van der Waals surface area contributed by atoms with Gasteiger partial charge in [0.05, 0.1) is 11.9 Å². The minimum absolute atomic E-state index is 0.727. The molecule has 3 heteroatoms. The van der Waals surface area contributed by atoms with Gasteiger partial charge in [0.1, 0.15) is 0 Å².